The van der Waals surface area contributed by atoms with Gasteiger partial charge in [-0.2, -0.15) is 5.10 Å². The highest BCUT2D eigenvalue weighted by Gasteiger charge is 2.27. The van der Waals surface area contributed by atoms with E-state index in [0.29, 0.717) is 0 Å². The number of aromatic nitrogens is 2. The number of anilines is 1. The summed E-state index contributed by atoms with van der Waals surface area (Å²) in [6.07, 6.45) is 3.03. The van der Waals surface area contributed by atoms with Gasteiger partial charge in [-0.05, 0) is 63.2 Å². The van der Waals surface area contributed by atoms with Crippen LogP contribution in [0.25, 0.3) is 5.69 Å². The second-order valence-corrected chi connectivity index (χ2v) is 10.2. The second kappa shape index (κ2) is 10.6. The van der Waals surface area contributed by atoms with Gasteiger partial charge in [-0.25, -0.2) is 23.1 Å². The Bertz CT molecular complexity index is 1480. The van der Waals surface area contributed by atoms with Gasteiger partial charge in [0.25, 0.3) is 15.9 Å². The van der Waals surface area contributed by atoms with Crippen LogP contribution in [0.1, 0.15) is 22.5 Å². The second-order valence-electron chi connectivity index (χ2n) is 8.30. The lowest BCUT2D eigenvalue weighted by atomic mass is 10.2. The molecule has 2 aromatic heterocycles. The van der Waals surface area contributed by atoms with Crippen LogP contribution in [0.2, 0.25) is 0 Å². The Morgan fingerprint density at radius 2 is 1.69 bits per heavy atom. The molecule has 0 fully saturated rings. The lowest BCUT2D eigenvalue weighted by Crippen LogP contribution is -2.40. The average molecular weight is 502 g/mol. The molecule has 184 valence electrons. The third kappa shape index (κ3) is 5.36. The van der Waals surface area contributed by atoms with Gasteiger partial charge in [0.2, 0.25) is 0 Å². The normalized spacial score (nSPS) is 11.5. The Labute approximate surface area is 211 Å². The number of hydrogen-bond acceptors (Lipinski definition) is 5. The van der Waals surface area contributed by atoms with Crippen molar-refractivity contribution in [2.45, 2.75) is 25.7 Å². The zero-order chi connectivity index (χ0) is 25.7. The SMILES string of the molecule is Cc1ccc(-n2c(C)cc(/C=N\NC(=O)CN(c3ccccn3)S(=O)(=O)c3ccccc3)c2C)cc1. The van der Waals surface area contributed by atoms with Crippen molar-refractivity contribution in [3.05, 3.63) is 108 Å². The van der Waals surface area contributed by atoms with Crippen molar-refractivity contribution in [1.29, 1.82) is 0 Å². The summed E-state index contributed by atoms with van der Waals surface area (Å²) in [7, 11) is -4.01. The molecule has 4 rings (SSSR count). The molecule has 0 aliphatic carbocycles. The number of hydrazone groups is 1. The molecule has 0 spiro atoms. The number of nitrogens with one attached hydrogen (secondary N) is 1. The number of amides is 1. The van der Waals surface area contributed by atoms with Crippen molar-refractivity contribution in [2.24, 2.45) is 5.10 Å². The molecule has 1 amide bonds. The smallest absolute Gasteiger partial charge is 0.265 e. The van der Waals surface area contributed by atoms with Gasteiger partial charge in [-0.1, -0.05) is 42.0 Å². The number of aryl methyl sites for hydroxylation is 2. The van der Waals surface area contributed by atoms with E-state index in [9.17, 15) is 13.2 Å². The number of nitrogens with zero attached hydrogens (tertiary/aromatic N) is 4. The van der Waals surface area contributed by atoms with Gasteiger partial charge in [-0.3, -0.25) is 4.79 Å². The van der Waals surface area contributed by atoms with E-state index in [0.717, 1.165) is 26.9 Å². The number of rotatable bonds is 8. The van der Waals surface area contributed by atoms with E-state index in [-0.39, 0.29) is 10.7 Å². The molecule has 0 aliphatic heterocycles. The van der Waals surface area contributed by atoms with Crippen LogP contribution in [0, 0.1) is 20.8 Å². The highest BCUT2D eigenvalue weighted by atomic mass is 32.2. The molecule has 36 heavy (non-hydrogen) atoms. The fraction of sp³-hybridized carbons (Fsp3) is 0.148. The molecular formula is C27H27N5O3S. The van der Waals surface area contributed by atoms with Gasteiger partial charge in [0.05, 0.1) is 11.1 Å². The largest absolute Gasteiger partial charge is 0.318 e. The van der Waals surface area contributed by atoms with Crippen LogP contribution in [0.4, 0.5) is 5.82 Å². The van der Waals surface area contributed by atoms with Crippen molar-refractivity contribution < 1.29 is 13.2 Å². The van der Waals surface area contributed by atoms with Crippen LogP contribution < -0.4 is 9.73 Å². The Hall–Kier alpha value is -4.24. The van der Waals surface area contributed by atoms with Crippen LogP contribution in [0.3, 0.4) is 0 Å². The molecule has 0 saturated heterocycles. The summed E-state index contributed by atoms with van der Waals surface area (Å²) in [5, 5.41) is 4.09. The summed E-state index contributed by atoms with van der Waals surface area (Å²) >= 11 is 0. The Balaban J connectivity index is 1.52. The molecule has 0 radical (unpaired) electrons. The molecule has 0 aliphatic rings. The lowest BCUT2D eigenvalue weighted by Gasteiger charge is -2.22. The lowest BCUT2D eigenvalue weighted by molar-refractivity contribution is -0.119. The average Bonchev–Trinajstić information content (AvgIpc) is 3.16. The maximum Gasteiger partial charge on any atom is 0.265 e. The van der Waals surface area contributed by atoms with Crippen LogP contribution in [-0.2, 0) is 14.8 Å². The van der Waals surface area contributed by atoms with Gasteiger partial charge >= 0.3 is 0 Å². The number of carbonyl (C=O) groups excluding carboxylic acids is 1. The minimum absolute atomic E-state index is 0.0653. The van der Waals surface area contributed by atoms with E-state index in [2.05, 4.69) is 44.3 Å². The third-order valence-corrected chi connectivity index (χ3v) is 7.44. The molecule has 0 unspecified atom stereocenters. The standard InChI is InChI=1S/C27H27N5O3S/c1-20-12-14-24(15-13-20)32-21(2)17-23(22(32)3)18-29-30-27(33)19-31(26-11-7-8-16-28-26)36(34,35)25-9-5-4-6-10-25/h4-18H,19H2,1-3H3,(H,30,33)/b29-18-. The van der Waals surface area contributed by atoms with Gasteiger partial charge in [-0.15, -0.1) is 0 Å². The van der Waals surface area contributed by atoms with Gasteiger partial charge in [0.1, 0.15) is 12.4 Å². The summed E-state index contributed by atoms with van der Waals surface area (Å²) < 4.78 is 29.6. The quantitative estimate of drug-likeness (QED) is 0.290. The third-order valence-electron chi connectivity index (χ3n) is 5.68. The number of benzene rings is 2. The predicted octanol–water partition coefficient (Wildman–Crippen LogP) is 4.14. The van der Waals surface area contributed by atoms with E-state index in [1.165, 1.54) is 30.0 Å². The Morgan fingerprint density at radius 1 is 1.00 bits per heavy atom. The first-order valence-electron chi connectivity index (χ1n) is 11.3. The minimum atomic E-state index is -4.01. The Morgan fingerprint density at radius 3 is 2.36 bits per heavy atom. The molecule has 4 aromatic rings. The fourth-order valence-electron chi connectivity index (χ4n) is 3.86. The van der Waals surface area contributed by atoms with Gasteiger partial charge in [0, 0.05) is 28.8 Å². The number of pyridine rings is 1. The first kappa shape index (κ1) is 24.9. The van der Waals surface area contributed by atoms with Crippen molar-refractivity contribution >= 4 is 28.0 Å². The molecule has 0 bridgehead atoms. The summed E-state index contributed by atoms with van der Waals surface area (Å²) in [5.41, 5.74) is 7.50. The van der Waals surface area contributed by atoms with E-state index >= 15 is 0 Å². The number of hydrogen-bond donors (Lipinski definition) is 1. The van der Waals surface area contributed by atoms with Crippen LogP contribution in [0.15, 0.2) is 95.1 Å². The topological polar surface area (TPSA) is 96.7 Å². The zero-order valence-corrected chi connectivity index (χ0v) is 21.1. The van der Waals surface area contributed by atoms with E-state index in [1.54, 1.807) is 36.5 Å². The molecule has 0 atom stereocenters. The van der Waals surface area contributed by atoms with Crippen LogP contribution in [0.5, 0.6) is 0 Å². The predicted molar refractivity (Wildman–Crippen MR) is 141 cm³/mol. The van der Waals surface area contributed by atoms with Crippen molar-refractivity contribution in [3.8, 4) is 5.69 Å². The Kier molecular flexibility index (Phi) is 7.30. The maximum absolute atomic E-state index is 13.3. The number of carbonyl (C=O) groups is 1. The van der Waals surface area contributed by atoms with Crippen molar-refractivity contribution in [3.63, 3.8) is 0 Å². The number of sulfonamides is 1. The van der Waals surface area contributed by atoms with Gasteiger partial charge in [0.15, 0.2) is 0 Å². The van der Waals surface area contributed by atoms with Crippen molar-refractivity contribution in [2.75, 3.05) is 10.8 Å². The first-order valence-corrected chi connectivity index (χ1v) is 12.8. The molecule has 2 heterocycles. The molecule has 9 heteroatoms. The monoisotopic (exact) mass is 501 g/mol. The van der Waals surface area contributed by atoms with E-state index in [4.69, 9.17) is 0 Å². The minimum Gasteiger partial charge on any atom is -0.318 e. The molecule has 2 aromatic carbocycles. The molecule has 1 N–H and O–H groups in total. The molecule has 0 saturated carbocycles. The maximum atomic E-state index is 13.3. The molecule has 8 nitrogen and oxygen atoms in total. The fourth-order valence-corrected chi connectivity index (χ4v) is 5.26. The first-order chi connectivity index (χ1) is 17.3. The summed E-state index contributed by atoms with van der Waals surface area (Å²) in [4.78, 5) is 16.9. The van der Waals surface area contributed by atoms with Gasteiger partial charge < -0.3 is 4.57 Å². The highest BCUT2D eigenvalue weighted by molar-refractivity contribution is 7.92. The zero-order valence-electron chi connectivity index (χ0n) is 20.3. The van der Waals surface area contributed by atoms with Crippen LogP contribution >= 0.6 is 0 Å². The van der Waals surface area contributed by atoms with E-state index < -0.39 is 22.5 Å². The van der Waals surface area contributed by atoms with E-state index in [1.807, 2.05) is 26.8 Å². The summed E-state index contributed by atoms with van der Waals surface area (Å²) in [6, 6.07) is 23.0. The summed E-state index contributed by atoms with van der Waals surface area (Å²) in [5.74, 6) is -0.453. The van der Waals surface area contributed by atoms with Crippen LogP contribution in [-0.4, -0.2) is 36.6 Å². The summed E-state index contributed by atoms with van der Waals surface area (Å²) in [6.45, 7) is 5.54. The highest BCUT2D eigenvalue weighted by Crippen LogP contribution is 2.22. The molecular weight excluding hydrogens is 474 g/mol. The van der Waals surface area contributed by atoms with Crippen molar-refractivity contribution in [1.82, 2.24) is 15.0 Å².